The average molecular weight is 306 g/mol. The Balaban J connectivity index is 2.61. The molecule has 3 nitrogen and oxygen atoms in total. The first-order valence-corrected chi connectivity index (χ1v) is 6.74. The summed E-state index contributed by atoms with van der Waals surface area (Å²) in [4.78, 5) is 13.3. The normalized spacial score (nSPS) is 11.1. The van der Waals surface area contributed by atoms with Gasteiger partial charge in [-0.05, 0) is 46.8 Å². The average Bonchev–Trinajstić information content (AvgIpc) is 2.62. The fourth-order valence-corrected chi connectivity index (χ4v) is 2.51. The molecule has 0 saturated carbocycles. The van der Waals surface area contributed by atoms with Crippen LogP contribution in [0.1, 0.15) is 19.4 Å². The fourth-order valence-electron chi connectivity index (χ4n) is 1.31. The maximum atomic E-state index is 11.3. The van der Waals surface area contributed by atoms with Gasteiger partial charge in [0.15, 0.2) is 0 Å². The largest absolute Gasteiger partial charge is 0.468 e. The third kappa shape index (κ3) is 4.23. The molecule has 0 aliphatic carbocycles. The highest BCUT2D eigenvalue weighted by Gasteiger charge is 2.15. The van der Waals surface area contributed by atoms with Gasteiger partial charge < -0.3 is 4.74 Å². The number of rotatable bonds is 5. The molecule has 1 heterocycles. The predicted octanol–water partition coefficient (Wildman–Crippen LogP) is 2.89. The van der Waals surface area contributed by atoms with Crippen molar-refractivity contribution in [3.05, 3.63) is 20.8 Å². The molecule has 0 aliphatic rings. The lowest BCUT2D eigenvalue weighted by molar-refractivity contribution is -0.142. The second-order valence-electron chi connectivity index (χ2n) is 3.83. The molecule has 1 rings (SSSR count). The Morgan fingerprint density at radius 1 is 1.62 bits per heavy atom. The number of carbonyl (C=O) groups is 1. The standard InChI is InChI=1S/C11H16BrNO2S/c1-8(2)13(6-11(14)15-3)5-9-4-10(12)16-7-9/h4,7-8H,5-6H2,1-3H3. The van der Waals surface area contributed by atoms with Crippen molar-refractivity contribution in [2.24, 2.45) is 0 Å². The van der Waals surface area contributed by atoms with Gasteiger partial charge in [-0.25, -0.2) is 0 Å². The van der Waals surface area contributed by atoms with E-state index in [0.29, 0.717) is 12.6 Å². The smallest absolute Gasteiger partial charge is 0.319 e. The third-order valence-electron chi connectivity index (χ3n) is 2.30. The minimum atomic E-state index is -0.192. The molecule has 0 N–H and O–H groups in total. The number of carbonyl (C=O) groups excluding carboxylic acids is 1. The number of thiophene rings is 1. The molecule has 0 atom stereocenters. The van der Waals surface area contributed by atoms with Gasteiger partial charge in [0.25, 0.3) is 0 Å². The van der Waals surface area contributed by atoms with Crippen molar-refractivity contribution in [3.63, 3.8) is 0 Å². The summed E-state index contributed by atoms with van der Waals surface area (Å²) < 4.78 is 5.80. The molecule has 0 aliphatic heterocycles. The summed E-state index contributed by atoms with van der Waals surface area (Å²) in [5.41, 5.74) is 1.22. The Labute approximate surface area is 109 Å². The topological polar surface area (TPSA) is 29.5 Å². The van der Waals surface area contributed by atoms with Crippen LogP contribution in [0.15, 0.2) is 15.2 Å². The number of methoxy groups -OCH3 is 1. The van der Waals surface area contributed by atoms with Gasteiger partial charge in [0.2, 0.25) is 0 Å². The van der Waals surface area contributed by atoms with Gasteiger partial charge in [0.1, 0.15) is 0 Å². The summed E-state index contributed by atoms with van der Waals surface area (Å²) in [6, 6.07) is 2.40. The Morgan fingerprint density at radius 3 is 2.75 bits per heavy atom. The Hall–Kier alpha value is -0.390. The molecular weight excluding hydrogens is 290 g/mol. The van der Waals surface area contributed by atoms with Crippen molar-refractivity contribution < 1.29 is 9.53 Å². The van der Waals surface area contributed by atoms with Crippen LogP contribution in [0.2, 0.25) is 0 Å². The molecule has 0 aromatic carbocycles. The molecule has 0 saturated heterocycles. The SMILES string of the molecule is COC(=O)CN(Cc1csc(Br)c1)C(C)C. The van der Waals surface area contributed by atoms with Gasteiger partial charge in [-0.2, -0.15) is 0 Å². The van der Waals surface area contributed by atoms with Crippen molar-refractivity contribution in [2.75, 3.05) is 13.7 Å². The van der Waals surface area contributed by atoms with E-state index in [0.717, 1.165) is 10.3 Å². The summed E-state index contributed by atoms with van der Waals surface area (Å²) in [5, 5.41) is 2.09. The molecule has 90 valence electrons. The van der Waals surface area contributed by atoms with Gasteiger partial charge in [0.05, 0.1) is 17.4 Å². The van der Waals surface area contributed by atoms with Crippen LogP contribution in [0, 0.1) is 0 Å². The summed E-state index contributed by atoms with van der Waals surface area (Å²) >= 11 is 5.09. The molecular formula is C11H16BrNO2S. The van der Waals surface area contributed by atoms with Crippen molar-refractivity contribution in [3.8, 4) is 0 Å². The molecule has 0 radical (unpaired) electrons. The number of esters is 1. The van der Waals surface area contributed by atoms with E-state index in [9.17, 15) is 4.79 Å². The monoisotopic (exact) mass is 305 g/mol. The van der Waals surface area contributed by atoms with E-state index in [1.165, 1.54) is 12.7 Å². The molecule has 0 unspecified atom stereocenters. The fraction of sp³-hybridized carbons (Fsp3) is 0.545. The van der Waals surface area contributed by atoms with Crippen LogP contribution in [0.3, 0.4) is 0 Å². The van der Waals surface area contributed by atoms with Crippen LogP contribution < -0.4 is 0 Å². The van der Waals surface area contributed by atoms with E-state index in [1.807, 2.05) is 0 Å². The lowest BCUT2D eigenvalue weighted by Crippen LogP contribution is -2.35. The van der Waals surface area contributed by atoms with Crippen LogP contribution >= 0.6 is 27.3 Å². The lowest BCUT2D eigenvalue weighted by atomic mass is 10.2. The summed E-state index contributed by atoms with van der Waals surface area (Å²) in [6.07, 6.45) is 0. The number of nitrogens with zero attached hydrogens (tertiary/aromatic N) is 1. The maximum Gasteiger partial charge on any atom is 0.319 e. The van der Waals surface area contributed by atoms with Crippen molar-refractivity contribution in [1.82, 2.24) is 4.90 Å². The van der Waals surface area contributed by atoms with E-state index in [2.05, 4.69) is 50.9 Å². The van der Waals surface area contributed by atoms with Crippen LogP contribution in [0.25, 0.3) is 0 Å². The molecule has 16 heavy (non-hydrogen) atoms. The zero-order chi connectivity index (χ0) is 12.1. The quantitative estimate of drug-likeness (QED) is 0.784. The summed E-state index contributed by atoms with van der Waals surface area (Å²) in [5.74, 6) is -0.192. The van der Waals surface area contributed by atoms with Crippen LogP contribution in [-0.2, 0) is 16.1 Å². The van der Waals surface area contributed by atoms with Gasteiger partial charge in [-0.15, -0.1) is 11.3 Å². The first-order valence-electron chi connectivity index (χ1n) is 5.06. The highest BCUT2D eigenvalue weighted by Crippen LogP contribution is 2.22. The minimum absolute atomic E-state index is 0.192. The van der Waals surface area contributed by atoms with E-state index in [1.54, 1.807) is 11.3 Å². The molecule has 0 bridgehead atoms. The second kappa shape index (κ2) is 6.37. The Morgan fingerprint density at radius 2 is 2.31 bits per heavy atom. The van der Waals surface area contributed by atoms with Gasteiger partial charge in [-0.1, -0.05) is 0 Å². The maximum absolute atomic E-state index is 11.3. The number of hydrogen-bond acceptors (Lipinski definition) is 4. The molecule has 1 aromatic heterocycles. The van der Waals surface area contributed by atoms with E-state index in [-0.39, 0.29) is 5.97 Å². The van der Waals surface area contributed by atoms with Crippen molar-refractivity contribution in [2.45, 2.75) is 26.4 Å². The zero-order valence-corrected chi connectivity index (χ0v) is 12.1. The first-order chi connectivity index (χ1) is 7.52. The highest BCUT2D eigenvalue weighted by molar-refractivity contribution is 9.11. The third-order valence-corrected chi connectivity index (χ3v) is 3.85. The van der Waals surface area contributed by atoms with Crippen LogP contribution in [-0.4, -0.2) is 30.6 Å². The molecule has 5 heteroatoms. The van der Waals surface area contributed by atoms with Gasteiger partial charge in [-0.3, -0.25) is 9.69 Å². The second-order valence-corrected chi connectivity index (χ2v) is 6.12. The lowest BCUT2D eigenvalue weighted by Gasteiger charge is -2.24. The minimum Gasteiger partial charge on any atom is -0.468 e. The molecule has 1 aromatic rings. The Kier molecular flexibility index (Phi) is 5.44. The Bertz CT molecular complexity index is 352. The first kappa shape index (κ1) is 13.7. The van der Waals surface area contributed by atoms with Crippen LogP contribution in [0.5, 0.6) is 0 Å². The summed E-state index contributed by atoms with van der Waals surface area (Å²) in [6.45, 7) is 5.26. The van der Waals surface area contributed by atoms with Gasteiger partial charge in [0, 0.05) is 12.6 Å². The number of hydrogen-bond donors (Lipinski definition) is 0. The number of halogens is 1. The van der Waals surface area contributed by atoms with E-state index < -0.39 is 0 Å². The van der Waals surface area contributed by atoms with Crippen molar-refractivity contribution in [1.29, 1.82) is 0 Å². The highest BCUT2D eigenvalue weighted by atomic mass is 79.9. The van der Waals surface area contributed by atoms with Crippen LogP contribution in [0.4, 0.5) is 0 Å². The molecule has 0 fully saturated rings. The molecule has 0 spiro atoms. The zero-order valence-electron chi connectivity index (χ0n) is 9.70. The summed E-state index contributed by atoms with van der Waals surface area (Å²) in [7, 11) is 1.42. The number of ether oxygens (including phenoxy) is 1. The molecule has 0 amide bonds. The van der Waals surface area contributed by atoms with E-state index >= 15 is 0 Å². The van der Waals surface area contributed by atoms with Gasteiger partial charge >= 0.3 is 5.97 Å². The van der Waals surface area contributed by atoms with Crippen molar-refractivity contribution >= 4 is 33.2 Å². The predicted molar refractivity (Wildman–Crippen MR) is 69.6 cm³/mol. The van der Waals surface area contributed by atoms with E-state index in [4.69, 9.17) is 0 Å².